The van der Waals surface area contributed by atoms with Gasteiger partial charge in [-0.2, -0.15) is 0 Å². The number of hydrogen-bond donors (Lipinski definition) is 2. The van der Waals surface area contributed by atoms with E-state index in [1.807, 2.05) is 6.07 Å². The van der Waals surface area contributed by atoms with Crippen LogP contribution >= 0.6 is 11.3 Å². The van der Waals surface area contributed by atoms with Crippen LogP contribution in [0.2, 0.25) is 0 Å². The van der Waals surface area contributed by atoms with Gasteiger partial charge in [0.1, 0.15) is 0 Å². The maximum Gasteiger partial charge on any atom is 0.224 e. The average molecular weight is 238 g/mol. The van der Waals surface area contributed by atoms with Gasteiger partial charge in [0.05, 0.1) is 12.0 Å². The Morgan fingerprint density at radius 2 is 2.62 bits per heavy atom. The van der Waals surface area contributed by atoms with E-state index >= 15 is 0 Å². The number of hydrogen-bond acceptors (Lipinski definition) is 3. The van der Waals surface area contributed by atoms with Crippen LogP contribution in [0.3, 0.4) is 0 Å². The molecule has 0 aromatic carbocycles. The van der Waals surface area contributed by atoms with Gasteiger partial charge in [-0.25, -0.2) is 0 Å². The SMILES string of the molecule is CCC(NC(=O)C1CCNC1)c1cccs1. The highest BCUT2D eigenvalue weighted by atomic mass is 32.1. The molecular formula is C12H18N2OS. The standard InChI is InChI=1S/C12H18N2OS/c1-2-10(11-4-3-7-16-11)14-12(15)9-5-6-13-8-9/h3-4,7,9-10,13H,2,5-6,8H2,1H3,(H,14,15). The van der Waals surface area contributed by atoms with Crippen LogP contribution in [-0.4, -0.2) is 19.0 Å². The molecule has 2 rings (SSSR count). The van der Waals surface area contributed by atoms with Gasteiger partial charge < -0.3 is 10.6 Å². The van der Waals surface area contributed by atoms with Crippen LogP contribution in [0, 0.1) is 5.92 Å². The van der Waals surface area contributed by atoms with E-state index in [9.17, 15) is 4.79 Å². The highest BCUT2D eigenvalue weighted by molar-refractivity contribution is 7.10. The van der Waals surface area contributed by atoms with Crippen molar-refractivity contribution >= 4 is 17.2 Å². The van der Waals surface area contributed by atoms with E-state index in [1.54, 1.807) is 11.3 Å². The van der Waals surface area contributed by atoms with Gasteiger partial charge in [0, 0.05) is 11.4 Å². The summed E-state index contributed by atoms with van der Waals surface area (Å²) < 4.78 is 0. The zero-order valence-corrected chi connectivity index (χ0v) is 10.3. The quantitative estimate of drug-likeness (QED) is 0.841. The molecule has 1 aromatic rings. The first kappa shape index (κ1) is 11.6. The minimum atomic E-state index is 0.161. The van der Waals surface area contributed by atoms with Gasteiger partial charge in [0.2, 0.25) is 5.91 Å². The molecule has 1 aliphatic rings. The summed E-state index contributed by atoms with van der Waals surface area (Å²) >= 11 is 1.71. The molecule has 0 radical (unpaired) electrons. The summed E-state index contributed by atoms with van der Waals surface area (Å²) in [5.74, 6) is 0.360. The van der Waals surface area contributed by atoms with Crippen molar-refractivity contribution < 1.29 is 4.79 Å². The van der Waals surface area contributed by atoms with Crippen LogP contribution in [0.5, 0.6) is 0 Å². The zero-order valence-electron chi connectivity index (χ0n) is 9.53. The Balaban J connectivity index is 1.93. The van der Waals surface area contributed by atoms with Crippen molar-refractivity contribution in [2.75, 3.05) is 13.1 Å². The van der Waals surface area contributed by atoms with Crippen LogP contribution in [-0.2, 0) is 4.79 Å². The third-order valence-electron chi connectivity index (χ3n) is 3.04. The monoisotopic (exact) mass is 238 g/mol. The van der Waals surface area contributed by atoms with Gasteiger partial charge in [-0.1, -0.05) is 13.0 Å². The molecule has 1 fully saturated rings. The normalized spacial score (nSPS) is 21.9. The van der Waals surface area contributed by atoms with E-state index in [-0.39, 0.29) is 17.9 Å². The number of amides is 1. The van der Waals surface area contributed by atoms with E-state index in [0.717, 1.165) is 25.9 Å². The molecule has 0 bridgehead atoms. The third kappa shape index (κ3) is 2.62. The molecule has 16 heavy (non-hydrogen) atoms. The van der Waals surface area contributed by atoms with E-state index in [1.165, 1.54) is 4.88 Å². The fraction of sp³-hybridized carbons (Fsp3) is 0.583. The van der Waals surface area contributed by atoms with E-state index < -0.39 is 0 Å². The molecule has 0 spiro atoms. The van der Waals surface area contributed by atoms with Crippen LogP contribution in [0.1, 0.15) is 30.7 Å². The molecule has 1 aromatic heterocycles. The Morgan fingerprint density at radius 3 is 3.19 bits per heavy atom. The largest absolute Gasteiger partial charge is 0.348 e. The molecule has 4 heteroatoms. The lowest BCUT2D eigenvalue weighted by Gasteiger charge is -2.18. The van der Waals surface area contributed by atoms with Crippen molar-refractivity contribution in [1.82, 2.24) is 10.6 Å². The van der Waals surface area contributed by atoms with Crippen molar-refractivity contribution in [2.24, 2.45) is 5.92 Å². The summed E-state index contributed by atoms with van der Waals surface area (Å²) in [5.41, 5.74) is 0. The fourth-order valence-corrected chi connectivity index (χ4v) is 2.89. The molecule has 3 nitrogen and oxygen atoms in total. The molecule has 2 unspecified atom stereocenters. The minimum Gasteiger partial charge on any atom is -0.348 e. The first-order chi connectivity index (χ1) is 7.81. The zero-order chi connectivity index (χ0) is 11.4. The first-order valence-electron chi connectivity index (χ1n) is 5.85. The summed E-state index contributed by atoms with van der Waals surface area (Å²) in [6, 6.07) is 4.31. The van der Waals surface area contributed by atoms with E-state index in [2.05, 4.69) is 29.0 Å². The first-order valence-corrected chi connectivity index (χ1v) is 6.73. The number of carbonyl (C=O) groups is 1. The predicted octanol–water partition coefficient (Wildman–Crippen LogP) is 1.92. The van der Waals surface area contributed by atoms with Crippen molar-refractivity contribution in [2.45, 2.75) is 25.8 Å². The number of rotatable bonds is 4. The lowest BCUT2D eigenvalue weighted by atomic mass is 10.1. The molecule has 88 valence electrons. The molecule has 1 amide bonds. The van der Waals surface area contributed by atoms with Gasteiger partial charge >= 0.3 is 0 Å². The minimum absolute atomic E-state index is 0.161. The lowest BCUT2D eigenvalue weighted by molar-refractivity contribution is -0.125. The Bertz CT molecular complexity index is 331. The summed E-state index contributed by atoms with van der Waals surface area (Å²) in [6.45, 7) is 3.90. The van der Waals surface area contributed by atoms with Gasteiger partial charge in [-0.3, -0.25) is 4.79 Å². The van der Waals surface area contributed by atoms with Gasteiger partial charge in [0.25, 0.3) is 0 Å². The summed E-state index contributed by atoms with van der Waals surface area (Å²) in [5, 5.41) is 8.42. The van der Waals surface area contributed by atoms with E-state index in [4.69, 9.17) is 0 Å². The van der Waals surface area contributed by atoms with Crippen LogP contribution < -0.4 is 10.6 Å². The number of nitrogens with one attached hydrogen (secondary N) is 2. The number of carbonyl (C=O) groups excluding carboxylic acids is 1. The van der Waals surface area contributed by atoms with Crippen LogP contribution in [0.25, 0.3) is 0 Å². The summed E-state index contributed by atoms with van der Waals surface area (Å²) in [4.78, 5) is 13.2. The second-order valence-electron chi connectivity index (χ2n) is 4.17. The smallest absolute Gasteiger partial charge is 0.224 e. The van der Waals surface area contributed by atoms with Crippen molar-refractivity contribution in [3.05, 3.63) is 22.4 Å². The maximum atomic E-state index is 12.0. The van der Waals surface area contributed by atoms with Crippen LogP contribution in [0.4, 0.5) is 0 Å². The maximum absolute atomic E-state index is 12.0. The molecular weight excluding hydrogens is 220 g/mol. The average Bonchev–Trinajstić information content (AvgIpc) is 2.96. The summed E-state index contributed by atoms with van der Waals surface area (Å²) in [7, 11) is 0. The highest BCUT2D eigenvalue weighted by Crippen LogP contribution is 2.22. The van der Waals surface area contributed by atoms with E-state index in [0.29, 0.717) is 0 Å². The third-order valence-corrected chi connectivity index (χ3v) is 4.03. The number of thiophene rings is 1. The second-order valence-corrected chi connectivity index (χ2v) is 5.15. The highest BCUT2D eigenvalue weighted by Gasteiger charge is 2.24. The Kier molecular flexibility index (Phi) is 3.96. The predicted molar refractivity (Wildman–Crippen MR) is 66.5 cm³/mol. The lowest BCUT2D eigenvalue weighted by Crippen LogP contribution is -2.34. The molecule has 2 atom stereocenters. The summed E-state index contributed by atoms with van der Waals surface area (Å²) in [6.07, 6.45) is 1.92. The Morgan fingerprint density at radius 1 is 1.75 bits per heavy atom. The Hall–Kier alpha value is -0.870. The molecule has 2 N–H and O–H groups in total. The molecule has 0 aliphatic carbocycles. The van der Waals surface area contributed by atoms with Crippen LogP contribution in [0.15, 0.2) is 17.5 Å². The topological polar surface area (TPSA) is 41.1 Å². The Labute approximate surface area is 100 Å². The molecule has 1 saturated heterocycles. The fourth-order valence-electron chi connectivity index (χ4n) is 2.03. The van der Waals surface area contributed by atoms with Gasteiger partial charge in [-0.05, 0) is 30.8 Å². The van der Waals surface area contributed by atoms with Gasteiger partial charge in [-0.15, -0.1) is 11.3 Å². The second kappa shape index (κ2) is 5.46. The molecule has 1 aliphatic heterocycles. The molecule has 2 heterocycles. The van der Waals surface area contributed by atoms with Gasteiger partial charge in [0.15, 0.2) is 0 Å². The van der Waals surface area contributed by atoms with Crippen molar-refractivity contribution in [3.63, 3.8) is 0 Å². The van der Waals surface area contributed by atoms with Crippen molar-refractivity contribution in [3.8, 4) is 0 Å². The van der Waals surface area contributed by atoms with Crippen molar-refractivity contribution in [1.29, 1.82) is 0 Å². The molecule has 0 saturated carbocycles.